The summed E-state index contributed by atoms with van der Waals surface area (Å²) in [7, 11) is 2.11. The van der Waals surface area contributed by atoms with Gasteiger partial charge >= 0.3 is 5.97 Å². The Hall–Kier alpha value is -1.14. The average molecular weight is 309 g/mol. The minimum Gasteiger partial charge on any atom is -0.481 e. The third-order valence-corrected chi connectivity index (χ3v) is 5.43. The van der Waals surface area contributed by atoms with Crippen LogP contribution in [0.25, 0.3) is 0 Å². The Labute approximate surface area is 132 Å². The molecule has 3 fully saturated rings. The molecule has 1 amide bonds. The number of rotatable bonds is 4. The molecule has 0 bridgehead atoms. The second-order valence-electron chi connectivity index (χ2n) is 7.18. The van der Waals surface area contributed by atoms with E-state index in [9.17, 15) is 14.7 Å². The summed E-state index contributed by atoms with van der Waals surface area (Å²) in [5, 5.41) is 9.39. The van der Waals surface area contributed by atoms with Gasteiger partial charge in [-0.1, -0.05) is 0 Å². The van der Waals surface area contributed by atoms with Gasteiger partial charge in [-0.05, 0) is 51.2 Å². The van der Waals surface area contributed by atoms with Crippen LogP contribution in [-0.4, -0.2) is 84.5 Å². The van der Waals surface area contributed by atoms with Crippen molar-refractivity contribution in [3.8, 4) is 0 Å². The van der Waals surface area contributed by atoms with Crippen molar-refractivity contribution in [1.29, 1.82) is 0 Å². The fraction of sp³-hybridized carbons (Fsp3) is 0.875. The standard InChI is InChI=1S/C16H27N3O3/c1-17-5-2-6-18(8-7-17)11-15(20)19-9-13(12-3-4-12)14(10-19)16(21)22/h12-14H,2-11H2,1H3,(H,21,22)/t13-,14+/m0/s1. The average Bonchev–Trinajstić information content (AvgIpc) is 3.25. The summed E-state index contributed by atoms with van der Waals surface area (Å²) >= 11 is 0. The molecule has 2 aliphatic heterocycles. The molecular weight excluding hydrogens is 282 g/mol. The summed E-state index contributed by atoms with van der Waals surface area (Å²) in [5.74, 6) is -0.267. The minimum absolute atomic E-state index is 0.110. The van der Waals surface area contributed by atoms with Crippen LogP contribution in [-0.2, 0) is 9.59 Å². The number of likely N-dealkylation sites (tertiary alicyclic amines) is 1. The summed E-state index contributed by atoms with van der Waals surface area (Å²) in [6, 6.07) is 0. The summed E-state index contributed by atoms with van der Waals surface area (Å²) in [6.07, 6.45) is 3.36. The molecule has 0 spiro atoms. The molecule has 1 N–H and O–H groups in total. The lowest BCUT2D eigenvalue weighted by Crippen LogP contribution is -2.41. The van der Waals surface area contributed by atoms with Gasteiger partial charge in [-0.2, -0.15) is 0 Å². The Kier molecular flexibility index (Phi) is 4.68. The lowest BCUT2D eigenvalue weighted by molar-refractivity contribution is -0.142. The van der Waals surface area contributed by atoms with Crippen LogP contribution in [0, 0.1) is 17.8 Å². The van der Waals surface area contributed by atoms with Crippen LogP contribution in [0.5, 0.6) is 0 Å². The molecule has 22 heavy (non-hydrogen) atoms. The molecule has 2 saturated heterocycles. The highest BCUT2D eigenvalue weighted by molar-refractivity contribution is 5.80. The van der Waals surface area contributed by atoms with E-state index in [-0.39, 0.29) is 17.7 Å². The molecule has 1 aliphatic carbocycles. The van der Waals surface area contributed by atoms with Crippen molar-refractivity contribution < 1.29 is 14.7 Å². The zero-order chi connectivity index (χ0) is 15.7. The monoisotopic (exact) mass is 309 g/mol. The molecule has 0 aromatic carbocycles. The van der Waals surface area contributed by atoms with Gasteiger partial charge in [0.15, 0.2) is 0 Å². The first kappa shape index (κ1) is 15.7. The second-order valence-corrected chi connectivity index (χ2v) is 7.18. The molecule has 2 atom stereocenters. The summed E-state index contributed by atoms with van der Waals surface area (Å²) in [5.41, 5.74) is 0. The predicted molar refractivity (Wildman–Crippen MR) is 82.5 cm³/mol. The van der Waals surface area contributed by atoms with E-state index in [0.717, 1.165) is 45.4 Å². The number of carboxylic acid groups (broad SMARTS) is 1. The molecule has 0 aromatic heterocycles. The molecule has 124 valence electrons. The number of likely N-dealkylation sites (N-methyl/N-ethyl adjacent to an activating group) is 1. The van der Waals surface area contributed by atoms with Crippen molar-refractivity contribution in [3.63, 3.8) is 0 Å². The number of aliphatic carboxylic acids is 1. The van der Waals surface area contributed by atoms with Crippen LogP contribution in [0.2, 0.25) is 0 Å². The van der Waals surface area contributed by atoms with E-state index in [1.807, 2.05) is 0 Å². The molecule has 0 radical (unpaired) electrons. The molecule has 1 saturated carbocycles. The maximum atomic E-state index is 12.5. The van der Waals surface area contributed by atoms with Crippen molar-refractivity contribution in [2.75, 3.05) is 52.9 Å². The number of carboxylic acids is 1. The molecular formula is C16H27N3O3. The number of amides is 1. The zero-order valence-corrected chi connectivity index (χ0v) is 13.4. The Morgan fingerprint density at radius 1 is 1.09 bits per heavy atom. The topological polar surface area (TPSA) is 64.1 Å². The van der Waals surface area contributed by atoms with Crippen molar-refractivity contribution in [2.45, 2.75) is 19.3 Å². The van der Waals surface area contributed by atoms with E-state index in [4.69, 9.17) is 0 Å². The fourth-order valence-corrected chi connectivity index (χ4v) is 3.85. The number of carbonyl (C=O) groups excluding carboxylic acids is 1. The van der Waals surface area contributed by atoms with Crippen LogP contribution in [0.4, 0.5) is 0 Å². The first-order chi connectivity index (χ1) is 10.5. The van der Waals surface area contributed by atoms with Gasteiger partial charge in [-0.3, -0.25) is 14.5 Å². The number of hydrogen-bond acceptors (Lipinski definition) is 4. The molecule has 2 heterocycles. The lowest BCUT2D eigenvalue weighted by Gasteiger charge is -2.23. The Balaban J connectivity index is 1.55. The summed E-state index contributed by atoms with van der Waals surface area (Å²) < 4.78 is 0. The van der Waals surface area contributed by atoms with Gasteiger partial charge in [0.05, 0.1) is 12.5 Å². The van der Waals surface area contributed by atoms with Crippen LogP contribution < -0.4 is 0 Å². The predicted octanol–water partition coefficient (Wildman–Crippen LogP) is 0.193. The third kappa shape index (κ3) is 3.60. The minimum atomic E-state index is -0.733. The van der Waals surface area contributed by atoms with Gasteiger partial charge in [0, 0.05) is 26.2 Å². The Morgan fingerprint density at radius 3 is 2.55 bits per heavy atom. The van der Waals surface area contributed by atoms with Crippen LogP contribution >= 0.6 is 0 Å². The molecule has 3 aliphatic rings. The zero-order valence-electron chi connectivity index (χ0n) is 13.4. The maximum absolute atomic E-state index is 12.5. The normalized spacial score (nSPS) is 31.2. The van der Waals surface area contributed by atoms with Crippen LogP contribution in [0.15, 0.2) is 0 Å². The highest BCUT2D eigenvalue weighted by atomic mass is 16.4. The van der Waals surface area contributed by atoms with Gasteiger partial charge in [0.2, 0.25) is 5.91 Å². The molecule has 6 nitrogen and oxygen atoms in total. The Morgan fingerprint density at radius 2 is 1.86 bits per heavy atom. The van der Waals surface area contributed by atoms with E-state index in [1.54, 1.807) is 4.90 Å². The molecule has 0 unspecified atom stereocenters. The van der Waals surface area contributed by atoms with Gasteiger partial charge in [-0.15, -0.1) is 0 Å². The van der Waals surface area contributed by atoms with Crippen molar-refractivity contribution in [2.24, 2.45) is 17.8 Å². The fourth-order valence-electron chi connectivity index (χ4n) is 3.85. The largest absolute Gasteiger partial charge is 0.481 e. The van der Waals surface area contributed by atoms with E-state index in [1.165, 1.54) is 0 Å². The van der Waals surface area contributed by atoms with Crippen molar-refractivity contribution >= 4 is 11.9 Å². The quantitative estimate of drug-likeness (QED) is 0.803. The molecule has 3 rings (SSSR count). The van der Waals surface area contributed by atoms with Crippen molar-refractivity contribution in [1.82, 2.24) is 14.7 Å². The van der Waals surface area contributed by atoms with Crippen molar-refractivity contribution in [3.05, 3.63) is 0 Å². The number of hydrogen-bond donors (Lipinski definition) is 1. The smallest absolute Gasteiger partial charge is 0.308 e. The highest BCUT2D eigenvalue weighted by Gasteiger charge is 2.46. The molecule has 0 aromatic rings. The van der Waals surface area contributed by atoms with E-state index in [2.05, 4.69) is 16.8 Å². The summed E-state index contributed by atoms with van der Waals surface area (Å²) in [4.78, 5) is 30.3. The summed E-state index contributed by atoms with van der Waals surface area (Å²) in [6.45, 7) is 5.45. The SMILES string of the molecule is CN1CCCN(CC(=O)N2C[C@@H](C(=O)O)[C@H](C3CC3)C2)CC1. The van der Waals surface area contributed by atoms with Gasteiger partial charge in [-0.25, -0.2) is 0 Å². The Bertz CT molecular complexity index is 438. The number of carbonyl (C=O) groups is 2. The van der Waals surface area contributed by atoms with Gasteiger partial charge in [0.25, 0.3) is 0 Å². The van der Waals surface area contributed by atoms with Gasteiger partial charge in [0.1, 0.15) is 0 Å². The first-order valence-corrected chi connectivity index (χ1v) is 8.46. The van der Waals surface area contributed by atoms with E-state index in [0.29, 0.717) is 25.6 Å². The first-order valence-electron chi connectivity index (χ1n) is 8.46. The highest BCUT2D eigenvalue weighted by Crippen LogP contribution is 2.44. The van der Waals surface area contributed by atoms with Gasteiger partial charge < -0.3 is 14.9 Å². The maximum Gasteiger partial charge on any atom is 0.308 e. The van der Waals surface area contributed by atoms with Crippen LogP contribution in [0.1, 0.15) is 19.3 Å². The third-order valence-electron chi connectivity index (χ3n) is 5.43. The van der Waals surface area contributed by atoms with Crippen LogP contribution in [0.3, 0.4) is 0 Å². The lowest BCUT2D eigenvalue weighted by atomic mass is 9.92. The van der Waals surface area contributed by atoms with E-state index < -0.39 is 5.97 Å². The van der Waals surface area contributed by atoms with E-state index >= 15 is 0 Å². The second kappa shape index (κ2) is 6.54. The number of nitrogens with zero attached hydrogens (tertiary/aromatic N) is 3. The molecule has 6 heteroatoms.